The van der Waals surface area contributed by atoms with Crippen LogP contribution in [0, 0.1) is 13.8 Å². The van der Waals surface area contributed by atoms with E-state index in [1.165, 1.54) is 5.56 Å². The Morgan fingerprint density at radius 2 is 1.88 bits per heavy atom. The zero-order valence-corrected chi connectivity index (χ0v) is 15.6. The van der Waals surface area contributed by atoms with Crippen LogP contribution < -0.4 is 10.6 Å². The topological polar surface area (TPSA) is 80.3 Å². The van der Waals surface area contributed by atoms with Gasteiger partial charge in [0.25, 0.3) is 0 Å². The van der Waals surface area contributed by atoms with E-state index in [0.717, 1.165) is 22.6 Å². The Labute approximate surface area is 153 Å². The Morgan fingerprint density at radius 1 is 1.15 bits per heavy atom. The first-order chi connectivity index (χ1) is 12.6. The molecule has 3 aromatic rings. The maximum atomic E-state index is 5.56. The van der Waals surface area contributed by atoms with Crippen molar-refractivity contribution >= 4 is 5.96 Å². The van der Waals surface area contributed by atoms with Crippen molar-refractivity contribution < 1.29 is 4.42 Å². The molecular formula is C19H24N6O. The normalized spacial score (nSPS) is 11.6. The Kier molecular flexibility index (Phi) is 5.36. The maximum absolute atomic E-state index is 5.56. The predicted octanol–water partition coefficient (Wildman–Crippen LogP) is 2.56. The molecular weight excluding hydrogens is 328 g/mol. The van der Waals surface area contributed by atoms with Crippen molar-refractivity contribution in [1.82, 2.24) is 25.4 Å². The van der Waals surface area contributed by atoms with E-state index in [1.54, 1.807) is 13.3 Å². The summed E-state index contributed by atoms with van der Waals surface area (Å²) in [6.07, 6.45) is 1.66. The number of benzene rings is 1. The van der Waals surface area contributed by atoms with Gasteiger partial charge in [-0.1, -0.05) is 18.2 Å². The van der Waals surface area contributed by atoms with Gasteiger partial charge in [-0.25, -0.2) is 4.98 Å². The van der Waals surface area contributed by atoms with Crippen LogP contribution in [-0.2, 0) is 20.1 Å². The minimum Gasteiger partial charge on any atom is -0.444 e. The van der Waals surface area contributed by atoms with E-state index < -0.39 is 0 Å². The fourth-order valence-corrected chi connectivity index (χ4v) is 2.74. The molecule has 0 radical (unpaired) electrons. The van der Waals surface area contributed by atoms with Crippen molar-refractivity contribution in [2.24, 2.45) is 12.0 Å². The fourth-order valence-electron chi connectivity index (χ4n) is 2.74. The summed E-state index contributed by atoms with van der Waals surface area (Å²) in [5, 5.41) is 11.0. The monoisotopic (exact) mass is 352 g/mol. The lowest BCUT2D eigenvalue weighted by molar-refractivity contribution is 0.572. The number of rotatable bonds is 5. The van der Waals surface area contributed by atoms with Crippen LogP contribution in [-0.4, -0.2) is 27.8 Å². The molecule has 0 saturated carbocycles. The largest absolute Gasteiger partial charge is 0.444 e. The molecule has 136 valence electrons. The second kappa shape index (κ2) is 7.86. The smallest absolute Gasteiger partial charge is 0.226 e. The number of oxazole rings is 1. The first kappa shape index (κ1) is 17.7. The van der Waals surface area contributed by atoms with E-state index in [-0.39, 0.29) is 0 Å². The number of hydrogen-bond acceptors (Lipinski definition) is 4. The third kappa shape index (κ3) is 3.93. The molecule has 26 heavy (non-hydrogen) atoms. The molecule has 0 unspecified atom stereocenters. The van der Waals surface area contributed by atoms with Crippen LogP contribution in [0.5, 0.6) is 0 Å². The van der Waals surface area contributed by atoms with E-state index in [4.69, 9.17) is 4.42 Å². The molecule has 0 aliphatic rings. The van der Waals surface area contributed by atoms with Crippen LogP contribution in [0.4, 0.5) is 0 Å². The van der Waals surface area contributed by atoms with Gasteiger partial charge in [-0.15, -0.1) is 0 Å². The van der Waals surface area contributed by atoms with Crippen molar-refractivity contribution in [2.75, 3.05) is 7.05 Å². The van der Waals surface area contributed by atoms with Gasteiger partial charge in [0, 0.05) is 37.5 Å². The number of nitrogens with one attached hydrogen (secondary N) is 2. The van der Waals surface area contributed by atoms with Crippen LogP contribution in [0.15, 0.2) is 46.0 Å². The highest BCUT2D eigenvalue weighted by Crippen LogP contribution is 2.17. The van der Waals surface area contributed by atoms with Crippen LogP contribution in [0.25, 0.3) is 11.5 Å². The SMILES string of the molecule is CN=C(NCc1coc(-c2ccccc2)n1)NCc1c(C)nn(C)c1C. The highest BCUT2D eigenvalue weighted by atomic mass is 16.3. The van der Waals surface area contributed by atoms with Gasteiger partial charge in [-0.05, 0) is 26.0 Å². The highest BCUT2D eigenvalue weighted by molar-refractivity contribution is 5.79. The summed E-state index contributed by atoms with van der Waals surface area (Å²) >= 11 is 0. The van der Waals surface area contributed by atoms with Gasteiger partial charge >= 0.3 is 0 Å². The van der Waals surface area contributed by atoms with Crippen molar-refractivity contribution in [3.8, 4) is 11.5 Å². The van der Waals surface area contributed by atoms with Gasteiger partial charge in [0.1, 0.15) is 6.26 Å². The Bertz CT molecular complexity index is 894. The molecule has 3 rings (SSSR count). The number of aliphatic imine (C=N–C) groups is 1. The van der Waals surface area contributed by atoms with E-state index >= 15 is 0 Å². The summed E-state index contributed by atoms with van der Waals surface area (Å²) in [6, 6.07) is 9.84. The number of hydrogen-bond donors (Lipinski definition) is 2. The summed E-state index contributed by atoms with van der Waals surface area (Å²) in [6.45, 7) is 5.27. The third-order valence-corrected chi connectivity index (χ3v) is 4.32. The molecule has 2 aromatic heterocycles. The molecule has 0 atom stereocenters. The quantitative estimate of drug-likeness (QED) is 0.545. The molecule has 7 heteroatoms. The molecule has 0 fully saturated rings. The average Bonchev–Trinajstić information content (AvgIpc) is 3.22. The van der Waals surface area contributed by atoms with Crippen molar-refractivity contribution in [3.05, 3.63) is 59.2 Å². The Morgan fingerprint density at radius 3 is 2.54 bits per heavy atom. The maximum Gasteiger partial charge on any atom is 0.226 e. The lowest BCUT2D eigenvalue weighted by Crippen LogP contribution is -2.36. The lowest BCUT2D eigenvalue weighted by atomic mass is 10.2. The van der Waals surface area contributed by atoms with Crippen LogP contribution in [0.2, 0.25) is 0 Å². The van der Waals surface area contributed by atoms with Crippen molar-refractivity contribution in [2.45, 2.75) is 26.9 Å². The molecule has 0 bridgehead atoms. The molecule has 7 nitrogen and oxygen atoms in total. The summed E-state index contributed by atoms with van der Waals surface area (Å²) in [5.74, 6) is 1.32. The summed E-state index contributed by atoms with van der Waals surface area (Å²) in [5.41, 5.74) is 5.14. The van der Waals surface area contributed by atoms with E-state index in [1.807, 2.05) is 49.0 Å². The standard InChI is InChI=1S/C19H24N6O/c1-13-17(14(2)25(4)24-13)11-22-19(20-3)21-10-16-12-26-18(23-16)15-8-6-5-7-9-15/h5-9,12H,10-11H2,1-4H3,(H2,20,21,22). The highest BCUT2D eigenvalue weighted by Gasteiger charge is 2.10. The van der Waals surface area contributed by atoms with Gasteiger partial charge in [0.2, 0.25) is 5.89 Å². The molecule has 0 saturated heterocycles. The first-order valence-corrected chi connectivity index (χ1v) is 8.52. The molecule has 0 amide bonds. The second-order valence-corrected chi connectivity index (χ2v) is 6.06. The average molecular weight is 352 g/mol. The van der Waals surface area contributed by atoms with Crippen molar-refractivity contribution in [3.63, 3.8) is 0 Å². The molecule has 2 heterocycles. The van der Waals surface area contributed by atoms with Crippen LogP contribution in [0.3, 0.4) is 0 Å². The van der Waals surface area contributed by atoms with Crippen LogP contribution in [0.1, 0.15) is 22.6 Å². The summed E-state index contributed by atoms with van der Waals surface area (Å²) in [7, 11) is 3.70. The van der Waals surface area contributed by atoms with Crippen molar-refractivity contribution in [1.29, 1.82) is 0 Å². The lowest BCUT2D eigenvalue weighted by Gasteiger charge is -2.11. The van der Waals surface area contributed by atoms with Gasteiger partial charge in [-0.3, -0.25) is 9.67 Å². The molecule has 0 aliphatic heterocycles. The van der Waals surface area contributed by atoms with Gasteiger partial charge < -0.3 is 15.1 Å². The number of nitrogens with zero attached hydrogens (tertiary/aromatic N) is 4. The molecule has 2 N–H and O–H groups in total. The zero-order valence-electron chi connectivity index (χ0n) is 15.6. The Balaban J connectivity index is 1.57. The zero-order chi connectivity index (χ0) is 18.5. The summed E-state index contributed by atoms with van der Waals surface area (Å²) in [4.78, 5) is 8.77. The van der Waals surface area contributed by atoms with Gasteiger partial charge in [0.15, 0.2) is 5.96 Å². The molecule has 1 aromatic carbocycles. The van der Waals surface area contributed by atoms with Gasteiger partial charge in [0.05, 0.1) is 17.9 Å². The minimum atomic E-state index is 0.529. The van der Waals surface area contributed by atoms with Gasteiger partial charge in [-0.2, -0.15) is 5.10 Å². The molecule has 0 spiro atoms. The van der Waals surface area contributed by atoms with E-state index in [9.17, 15) is 0 Å². The first-order valence-electron chi connectivity index (χ1n) is 8.52. The Hall–Kier alpha value is -3.09. The van der Waals surface area contributed by atoms with E-state index in [2.05, 4.69) is 32.6 Å². The minimum absolute atomic E-state index is 0.529. The van der Waals surface area contributed by atoms with E-state index in [0.29, 0.717) is 24.9 Å². The number of aryl methyl sites for hydroxylation is 2. The summed E-state index contributed by atoms with van der Waals surface area (Å²) < 4.78 is 7.45. The number of aromatic nitrogens is 3. The second-order valence-electron chi connectivity index (χ2n) is 6.06. The number of guanidine groups is 1. The third-order valence-electron chi connectivity index (χ3n) is 4.32. The predicted molar refractivity (Wildman–Crippen MR) is 102 cm³/mol. The van der Waals surface area contributed by atoms with Crippen LogP contribution >= 0.6 is 0 Å². The fraction of sp³-hybridized carbons (Fsp3) is 0.316. The molecule has 0 aliphatic carbocycles.